The third-order valence-electron chi connectivity index (χ3n) is 6.38. The number of carbonyl (C=O) groups excluding carboxylic acids is 2. The van der Waals surface area contributed by atoms with Crippen LogP contribution in [0.3, 0.4) is 0 Å². The molecule has 0 aliphatic rings. The fourth-order valence-electron chi connectivity index (χ4n) is 4.33. The minimum Gasteiger partial charge on any atom is -0.321 e. The van der Waals surface area contributed by atoms with Crippen LogP contribution in [-0.4, -0.2) is 48.9 Å². The van der Waals surface area contributed by atoms with Gasteiger partial charge in [-0.05, 0) is 63.1 Å². The Kier molecular flexibility index (Phi) is 14.8. The summed E-state index contributed by atoms with van der Waals surface area (Å²) >= 11 is 0. The largest absolute Gasteiger partial charge is 0.361 e. The van der Waals surface area contributed by atoms with Gasteiger partial charge in [0.15, 0.2) is 0 Å². The number of hydrogen-bond donors (Lipinski definition) is 2. The molecule has 0 fully saturated rings. The highest BCUT2D eigenvalue weighted by Gasteiger charge is 2.27. The second-order valence-corrected chi connectivity index (χ2v) is 13.0. The third-order valence-corrected chi connectivity index (χ3v) is 9.43. The zero-order chi connectivity index (χ0) is 29.4. The Balaban J connectivity index is 1.68. The molecule has 2 N–H and O–H groups in total. The van der Waals surface area contributed by atoms with Crippen LogP contribution in [0.4, 0.5) is 11.4 Å². The van der Waals surface area contributed by atoms with Crippen molar-refractivity contribution < 1.29 is 37.6 Å². The first-order chi connectivity index (χ1) is 19.2. The van der Waals surface area contributed by atoms with Gasteiger partial charge in [-0.15, -0.1) is 0 Å². The maximum absolute atomic E-state index is 13.1. The van der Waals surface area contributed by atoms with E-state index in [1.165, 1.54) is 23.1 Å². The molecule has 0 spiro atoms. The summed E-state index contributed by atoms with van der Waals surface area (Å²) in [4.78, 5) is 45.0. The fraction of sp³-hybridized carbons (Fsp3) is 0.500. The molecular formula is C28H42N2O8P2. The van der Waals surface area contributed by atoms with Crippen molar-refractivity contribution in [1.82, 2.24) is 0 Å². The highest BCUT2D eigenvalue weighted by Crippen LogP contribution is 2.47. The van der Waals surface area contributed by atoms with Crippen molar-refractivity contribution in [1.29, 1.82) is 0 Å². The highest BCUT2D eigenvalue weighted by atomic mass is 31.2. The molecule has 0 aromatic heterocycles. The van der Waals surface area contributed by atoms with Gasteiger partial charge in [0.1, 0.15) is 0 Å². The molecule has 12 heteroatoms. The monoisotopic (exact) mass is 596 g/mol. The Hall–Kier alpha value is -2.32. The third kappa shape index (κ3) is 10.9. The standard InChI is InChI=1S/C28H42N2O8P2/c1-3-37-40(36,38-4-2)28-18-14-16-26(22-28)30(24-32)20-12-10-8-6-5-7-9-11-19-29(23-31)25-15-13-17-27(21-25)39(33,34)35/h13-18,21-24H,3-12,19-20H2,1-2H3,(H2,33,34,35). The Morgan fingerprint density at radius 2 is 1.07 bits per heavy atom. The van der Waals surface area contributed by atoms with E-state index in [1.807, 2.05) is 0 Å². The average molecular weight is 597 g/mol. The molecule has 0 bridgehead atoms. The van der Waals surface area contributed by atoms with Gasteiger partial charge in [-0.3, -0.25) is 18.7 Å². The number of hydrogen-bond acceptors (Lipinski definition) is 6. The van der Waals surface area contributed by atoms with Gasteiger partial charge < -0.3 is 28.6 Å². The van der Waals surface area contributed by atoms with Gasteiger partial charge >= 0.3 is 15.2 Å². The van der Waals surface area contributed by atoms with E-state index in [1.54, 1.807) is 49.1 Å². The minimum atomic E-state index is -4.37. The smallest absolute Gasteiger partial charge is 0.321 e. The quantitative estimate of drug-likeness (QED) is 0.115. The summed E-state index contributed by atoms with van der Waals surface area (Å²) in [5, 5.41) is 0.335. The maximum Gasteiger partial charge on any atom is 0.361 e. The van der Waals surface area contributed by atoms with Crippen LogP contribution in [0.25, 0.3) is 0 Å². The molecule has 0 atom stereocenters. The Bertz CT molecular complexity index is 1150. The molecule has 0 radical (unpaired) electrons. The summed E-state index contributed by atoms with van der Waals surface area (Å²) < 4.78 is 35.4. The number of benzene rings is 2. The predicted molar refractivity (Wildman–Crippen MR) is 159 cm³/mol. The van der Waals surface area contributed by atoms with Crippen LogP contribution in [-0.2, 0) is 27.8 Å². The van der Waals surface area contributed by atoms with E-state index < -0.39 is 15.2 Å². The Labute approximate surface area is 237 Å². The first-order valence-electron chi connectivity index (χ1n) is 13.8. The molecule has 2 aromatic rings. The van der Waals surface area contributed by atoms with Crippen LogP contribution in [0.2, 0.25) is 0 Å². The van der Waals surface area contributed by atoms with Gasteiger partial charge in [0.05, 0.1) is 23.8 Å². The number of rotatable bonds is 21. The lowest BCUT2D eigenvalue weighted by molar-refractivity contribution is -0.108. The van der Waals surface area contributed by atoms with Gasteiger partial charge in [-0.25, -0.2) is 0 Å². The molecule has 222 valence electrons. The summed E-state index contributed by atoms with van der Waals surface area (Å²) in [7, 11) is -7.79. The molecule has 0 saturated heterocycles. The molecular weight excluding hydrogens is 554 g/mol. The molecule has 0 saturated carbocycles. The van der Waals surface area contributed by atoms with E-state index in [2.05, 4.69) is 0 Å². The van der Waals surface area contributed by atoms with Crippen molar-refractivity contribution in [3.05, 3.63) is 48.5 Å². The van der Waals surface area contributed by atoms with Crippen molar-refractivity contribution in [3.63, 3.8) is 0 Å². The van der Waals surface area contributed by atoms with Crippen molar-refractivity contribution in [2.24, 2.45) is 0 Å². The van der Waals surface area contributed by atoms with E-state index in [-0.39, 0.29) is 18.5 Å². The Morgan fingerprint density at radius 3 is 1.48 bits per heavy atom. The Morgan fingerprint density at radius 1 is 0.675 bits per heavy atom. The summed E-state index contributed by atoms with van der Waals surface area (Å²) in [5.74, 6) is 0. The predicted octanol–water partition coefficient (Wildman–Crippen LogP) is 5.13. The van der Waals surface area contributed by atoms with Crippen LogP contribution in [0.5, 0.6) is 0 Å². The highest BCUT2D eigenvalue weighted by molar-refractivity contribution is 7.62. The SMILES string of the molecule is CCOP(=O)(OCC)c1cccc(N(C=O)CCCCCCCCCCN(C=O)c2cccc(P(=O)(O)O)c2)c1. The van der Waals surface area contributed by atoms with Gasteiger partial charge in [0.25, 0.3) is 0 Å². The average Bonchev–Trinajstić information content (AvgIpc) is 2.94. The first kappa shape index (κ1) is 33.9. The molecule has 2 rings (SSSR count). The lowest BCUT2D eigenvalue weighted by atomic mass is 10.1. The molecule has 0 aliphatic heterocycles. The van der Waals surface area contributed by atoms with E-state index in [0.29, 0.717) is 36.2 Å². The van der Waals surface area contributed by atoms with Crippen LogP contribution >= 0.6 is 15.2 Å². The zero-order valence-electron chi connectivity index (χ0n) is 23.4. The topological polar surface area (TPSA) is 134 Å². The molecule has 10 nitrogen and oxygen atoms in total. The number of nitrogens with zero attached hydrogens (tertiary/aromatic N) is 2. The van der Waals surface area contributed by atoms with Gasteiger partial charge in [-0.1, -0.05) is 50.7 Å². The lowest BCUT2D eigenvalue weighted by Gasteiger charge is -2.21. The van der Waals surface area contributed by atoms with Crippen LogP contribution in [0, 0.1) is 0 Å². The van der Waals surface area contributed by atoms with Gasteiger partial charge in [0.2, 0.25) is 12.8 Å². The van der Waals surface area contributed by atoms with E-state index in [9.17, 15) is 28.5 Å². The summed E-state index contributed by atoms with van der Waals surface area (Å²) in [5.41, 5.74) is 1.13. The van der Waals surface area contributed by atoms with Crippen LogP contribution < -0.4 is 20.4 Å². The summed E-state index contributed by atoms with van der Waals surface area (Å²) in [6, 6.07) is 12.9. The maximum atomic E-state index is 13.1. The molecule has 40 heavy (non-hydrogen) atoms. The van der Waals surface area contributed by atoms with Crippen molar-refractivity contribution in [2.75, 3.05) is 36.1 Å². The van der Waals surface area contributed by atoms with E-state index in [4.69, 9.17) is 9.05 Å². The van der Waals surface area contributed by atoms with Crippen LogP contribution in [0.1, 0.15) is 65.2 Å². The fourth-order valence-corrected chi connectivity index (χ4v) is 6.52. The first-order valence-corrected chi connectivity index (χ1v) is 16.9. The number of anilines is 2. The molecule has 2 amide bonds. The van der Waals surface area contributed by atoms with E-state index >= 15 is 0 Å². The second-order valence-electron chi connectivity index (χ2n) is 9.34. The number of unbranched alkanes of at least 4 members (excludes halogenated alkanes) is 7. The molecule has 0 unspecified atom stereocenters. The molecule has 2 aromatic carbocycles. The minimum absolute atomic E-state index is 0.101. The molecule has 0 heterocycles. The summed E-state index contributed by atoms with van der Waals surface area (Å²) in [6.45, 7) is 5.08. The van der Waals surface area contributed by atoms with Gasteiger partial charge in [0, 0.05) is 24.5 Å². The van der Waals surface area contributed by atoms with E-state index in [0.717, 1.165) is 57.8 Å². The lowest BCUT2D eigenvalue weighted by Crippen LogP contribution is -2.23. The van der Waals surface area contributed by atoms with Crippen molar-refractivity contribution >= 4 is 50.0 Å². The zero-order valence-corrected chi connectivity index (χ0v) is 25.2. The van der Waals surface area contributed by atoms with Crippen molar-refractivity contribution in [3.8, 4) is 0 Å². The van der Waals surface area contributed by atoms with Crippen molar-refractivity contribution in [2.45, 2.75) is 65.2 Å². The van der Waals surface area contributed by atoms with Gasteiger partial charge in [-0.2, -0.15) is 0 Å². The summed E-state index contributed by atoms with van der Waals surface area (Å²) in [6.07, 6.45) is 9.27. The second kappa shape index (κ2) is 17.5. The number of carbonyl (C=O) groups is 2. The normalized spacial score (nSPS) is 11.8. The van der Waals surface area contributed by atoms with Crippen LogP contribution in [0.15, 0.2) is 48.5 Å². The molecule has 0 aliphatic carbocycles. The number of amides is 2.